The highest BCUT2D eigenvalue weighted by Gasteiger charge is 2.17. The smallest absolute Gasteiger partial charge is 0.240 e. The topological polar surface area (TPSA) is 38.7 Å². The van der Waals surface area contributed by atoms with Crippen LogP contribution in [0.3, 0.4) is 0 Å². The zero-order chi connectivity index (χ0) is 12.1. The van der Waals surface area contributed by atoms with Crippen LogP contribution in [0.15, 0.2) is 23.2 Å². The number of ether oxygens (including phenoxy) is 1. The van der Waals surface area contributed by atoms with Gasteiger partial charge in [0.15, 0.2) is 11.5 Å². The third-order valence-corrected chi connectivity index (χ3v) is 2.95. The van der Waals surface area contributed by atoms with Crippen LogP contribution in [-0.4, -0.2) is 12.2 Å². The molecule has 0 aromatic heterocycles. The van der Waals surface area contributed by atoms with Crippen molar-refractivity contribution in [1.29, 1.82) is 0 Å². The molecule has 0 radical (unpaired) electrons. The summed E-state index contributed by atoms with van der Waals surface area (Å²) < 4.78 is 19.1. The van der Waals surface area contributed by atoms with Gasteiger partial charge in [0.25, 0.3) is 0 Å². The second-order valence-corrected chi connectivity index (χ2v) is 4.17. The van der Waals surface area contributed by atoms with Crippen LogP contribution in [0.25, 0.3) is 0 Å². The van der Waals surface area contributed by atoms with Crippen molar-refractivity contribution in [1.82, 2.24) is 0 Å². The van der Waals surface area contributed by atoms with E-state index in [4.69, 9.17) is 4.74 Å². The zero-order valence-corrected chi connectivity index (χ0v) is 9.49. The quantitative estimate of drug-likeness (QED) is 0.594. The molecule has 0 saturated heterocycles. The second-order valence-electron chi connectivity index (χ2n) is 4.17. The van der Waals surface area contributed by atoms with Crippen LogP contribution >= 0.6 is 0 Å². The van der Waals surface area contributed by atoms with Crippen molar-refractivity contribution in [2.75, 3.05) is 0 Å². The Labute approximate surface area is 99.3 Å². The molecule has 1 aromatic rings. The van der Waals surface area contributed by atoms with Gasteiger partial charge in [0, 0.05) is 0 Å². The van der Waals surface area contributed by atoms with Crippen LogP contribution in [0.2, 0.25) is 0 Å². The molecule has 0 N–H and O–H groups in total. The first-order valence-electron chi connectivity index (χ1n) is 5.84. The molecule has 1 fully saturated rings. The molecule has 2 rings (SSSR count). The van der Waals surface area contributed by atoms with Crippen LogP contribution < -0.4 is 4.74 Å². The number of hydrogen-bond acceptors (Lipinski definition) is 3. The van der Waals surface area contributed by atoms with E-state index in [1.54, 1.807) is 12.1 Å². The van der Waals surface area contributed by atoms with E-state index in [0.29, 0.717) is 5.75 Å². The highest BCUT2D eigenvalue weighted by molar-refractivity contribution is 5.58. The number of isocyanates is 1. The molecule has 17 heavy (non-hydrogen) atoms. The first-order chi connectivity index (χ1) is 8.31. The van der Waals surface area contributed by atoms with E-state index in [0.717, 1.165) is 25.7 Å². The van der Waals surface area contributed by atoms with Gasteiger partial charge in [0.05, 0.1) is 6.10 Å². The van der Waals surface area contributed by atoms with E-state index in [1.807, 2.05) is 0 Å². The fourth-order valence-corrected chi connectivity index (χ4v) is 2.11. The van der Waals surface area contributed by atoms with Gasteiger partial charge in [0.2, 0.25) is 6.08 Å². The van der Waals surface area contributed by atoms with Crippen molar-refractivity contribution in [3.05, 3.63) is 24.0 Å². The predicted molar refractivity (Wildman–Crippen MR) is 61.7 cm³/mol. The van der Waals surface area contributed by atoms with Crippen molar-refractivity contribution in [3.8, 4) is 5.75 Å². The van der Waals surface area contributed by atoms with Gasteiger partial charge in [-0.2, -0.15) is 4.99 Å². The Bertz CT molecular complexity index is 435. The van der Waals surface area contributed by atoms with Gasteiger partial charge >= 0.3 is 0 Å². The second kappa shape index (κ2) is 5.60. The predicted octanol–water partition coefficient (Wildman–Crippen LogP) is 3.50. The van der Waals surface area contributed by atoms with E-state index in [9.17, 15) is 9.18 Å². The molecule has 3 nitrogen and oxygen atoms in total. The SMILES string of the molecule is O=C=Nc1c(F)cccc1OC1CCCCC1. The lowest BCUT2D eigenvalue weighted by Crippen LogP contribution is -2.19. The summed E-state index contributed by atoms with van der Waals surface area (Å²) in [5, 5.41) is 0. The van der Waals surface area contributed by atoms with Crippen LogP contribution in [0.4, 0.5) is 10.1 Å². The Morgan fingerprint density at radius 2 is 2.06 bits per heavy atom. The average Bonchev–Trinajstić information content (AvgIpc) is 2.35. The number of nitrogens with zero attached hydrogens (tertiary/aromatic N) is 1. The Morgan fingerprint density at radius 1 is 1.29 bits per heavy atom. The standard InChI is InChI=1S/C13H14FNO2/c14-11-7-4-8-12(13(11)15-9-16)17-10-5-2-1-3-6-10/h4,7-8,10H,1-3,5-6H2. The van der Waals surface area contributed by atoms with Crippen LogP contribution in [-0.2, 0) is 4.79 Å². The maximum Gasteiger partial charge on any atom is 0.240 e. The van der Waals surface area contributed by atoms with Crippen LogP contribution in [0, 0.1) is 5.82 Å². The van der Waals surface area contributed by atoms with Crippen LogP contribution in [0.1, 0.15) is 32.1 Å². The molecular formula is C13H14FNO2. The maximum absolute atomic E-state index is 13.4. The van der Waals surface area contributed by atoms with Crippen molar-refractivity contribution >= 4 is 11.8 Å². The Balaban J connectivity index is 2.19. The normalized spacial score (nSPS) is 16.3. The van der Waals surface area contributed by atoms with E-state index in [-0.39, 0.29) is 11.8 Å². The van der Waals surface area contributed by atoms with Gasteiger partial charge in [-0.3, -0.25) is 0 Å². The summed E-state index contributed by atoms with van der Waals surface area (Å²) in [5.74, 6) is -0.220. The zero-order valence-electron chi connectivity index (χ0n) is 9.49. The first-order valence-corrected chi connectivity index (χ1v) is 5.84. The molecule has 0 aliphatic heterocycles. The van der Waals surface area contributed by atoms with E-state index in [2.05, 4.69) is 4.99 Å². The molecular weight excluding hydrogens is 221 g/mol. The van der Waals surface area contributed by atoms with E-state index < -0.39 is 5.82 Å². The summed E-state index contributed by atoms with van der Waals surface area (Å²) in [7, 11) is 0. The van der Waals surface area contributed by atoms with Gasteiger partial charge in [-0.05, 0) is 37.8 Å². The van der Waals surface area contributed by atoms with E-state index in [1.165, 1.54) is 18.6 Å². The number of aliphatic imine (C=N–C) groups is 1. The van der Waals surface area contributed by atoms with Gasteiger partial charge in [-0.25, -0.2) is 9.18 Å². The molecule has 1 aliphatic carbocycles. The molecule has 0 atom stereocenters. The van der Waals surface area contributed by atoms with Gasteiger partial charge in [-0.15, -0.1) is 0 Å². The minimum absolute atomic E-state index is 0.0481. The minimum atomic E-state index is -0.554. The molecule has 90 valence electrons. The molecule has 0 spiro atoms. The van der Waals surface area contributed by atoms with Gasteiger partial charge < -0.3 is 4.74 Å². The fourth-order valence-electron chi connectivity index (χ4n) is 2.11. The van der Waals surface area contributed by atoms with Gasteiger partial charge in [0.1, 0.15) is 5.75 Å². The molecule has 1 aliphatic rings. The van der Waals surface area contributed by atoms with Gasteiger partial charge in [-0.1, -0.05) is 12.5 Å². The lowest BCUT2D eigenvalue weighted by molar-refractivity contribution is 0.155. The largest absolute Gasteiger partial charge is 0.488 e. The van der Waals surface area contributed by atoms with Crippen molar-refractivity contribution in [2.24, 2.45) is 4.99 Å². The molecule has 0 unspecified atom stereocenters. The van der Waals surface area contributed by atoms with Crippen molar-refractivity contribution in [2.45, 2.75) is 38.2 Å². The molecule has 1 saturated carbocycles. The fraction of sp³-hybridized carbons (Fsp3) is 0.462. The van der Waals surface area contributed by atoms with Crippen LogP contribution in [0.5, 0.6) is 5.75 Å². The lowest BCUT2D eigenvalue weighted by atomic mass is 9.98. The summed E-state index contributed by atoms with van der Waals surface area (Å²) in [5.41, 5.74) is -0.0481. The summed E-state index contributed by atoms with van der Waals surface area (Å²) in [4.78, 5) is 13.6. The number of halogens is 1. The monoisotopic (exact) mass is 235 g/mol. The minimum Gasteiger partial charge on any atom is -0.488 e. The number of rotatable bonds is 3. The third-order valence-electron chi connectivity index (χ3n) is 2.95. The lowest BCUT2D eigenvalue weighted by Gasteiger charge is -2.23. The summed E-state index contributed by atoms with van der Waals surface area (Å²) >= 11 is 0. The molecule has 4 heteroatoms. The number of benzene rings is 1. The Morgan fingerprint density at radius 3 is 2.76 bits per heavy atom. The molecule has 0 heterocycles. The van der Waals surface area contributed by atoms with E-state index >= 15 is 0 Å². The Kier molecular flexibility index (Phi) is 3.89. The summed E-state index contributed by atoms with van der Waals surface area (Å²) in [6.07, 6.45) is 6.89. The summed E-state index contributed by atoms with van der Waals surface area (Å²) in [6, 6.07) is 4.44. The first kappa shape index (κ1) is 11.8. The number of carbonyl (C=O) groups excluding carboxylic acids is 1. The number of hydrogen-bond donors (Lipinski definition) is 0. The maximum atomic E-state index is 13.4. The summed E-state index contributed by atoms with van der Waals surface area (Å²) in [6.45, 7) is 0. The highest BCUT2D eigenvalue weighted by atomic mass is 19.1. The molecule has 0 bridgehead atoms. The van der Waals surface area contributed by atoms with Crippen molar-refractivity contribution in [3.63, 3.8) is 0 Å². The number of para-hydroxylation sites is 1. The molecule has 0 amide bonds. The highest BCUT2D eigenvalue weighted by Crippen LogP contribution is 2.33. The molecule has 1 aromatic carbocycles. The van der Waals surface area contributed by atoms with Crippen molar-refractivity contribution < 1.29 is 13.9 Å². The third kappa shape index (κ3) is 2.92. The Hall–Kier alpha value is -1.67. The average molecular weight is 235 g/mol.